The van der Waals surface area contributed by atoms with E-state index in [0.717, 1.165) is 24.4 Å². The van der Waals surface area contributed by atoms with Crippen LogP contribution in [-0.4, -0.2) is 6.54 Å². The number of hydrogen-bond donors (Lipinski definition) is 1. The summed E-state index contributed by atoms with van der Waals surface area (Å²) in [7, 11) is 0. The van der Waals surface area contributed by atoms with Gasteiger partial charge < -0.3 is 5.32 Å². The van der Waals surface area contributed by atoms with Gasteiger partial charge in [-0.05, 0) is 55.1 Å². The number of hydrogen-bond acceptors (Lipinski definition) is 1. The molecule has 0 saturated carbocycles. The zero-order chi connectivity index (χ0) is 14.4. The van der Waals surface area contributed by atoms with Crippen LogP contribution in [0.3, 0.4) is 0 Å². The van der Waals surface area contributed by atoms with Crippen molar-refractivity contribution in [2.75, 3.05) is 6.54 Å². The van der Waals surface area contributed by atoms with Gasteiger partial charge in [-0.15, -0.1) is 0 Å². The molecule has 0 spiro atoms. The van der Waals surface area contributed by atoms with E-state index in [4.69, 9.17) is 11.6 Å². The van der Waals surface area contributed by atoms with Crippen LogP contribution >= 0.6 is 11.6 Å². The van der Waals surface area contributed by atoms with E-state index in [1.165, 1.54) is 16.7 Å². The summed E-state index contributed by atoms with van der Waals surface area (Å²) in [5.74, 6) is 0. The Morgan fingerprint density at radius 2 is 1.75 bits per heavy atom. The van der Waals surface area contributed by atoms with E-state index in [1.54, 1.807) is 0 Å². The Labute approximate surface area is 127 Å². The average molecular weight is 288 g/mol. The molecule has 1 nitrogen and oxygen atoms in total. The molecule has 0 aliphatic carbocycles. The summed E-state index contributed by atoms with van der Waals surface area (Å²) in [6, 6.07) is 17.1. The summed E-state index contributed by atoms with van der Waals surface area (Å²) in [6.07, 6.45) is 2.13. The fourth-order valence-electron chi connectivity index (χ4n) is 2.44. The molecule has 2 aromatic carbocycles. The summed E-state index contributed by atoms with van der Waals surface area (Å²) in [5, 5.41) is 4.45. The van der Waals surface area contributed by atoms with Crippen molar-refractivity contribution in [3.8, 4) is 0 Å². The summed E-state index contributed by atoms with van der Waals surface area (Å²) in [4.78, 5) is 0. The SMILES string of the molecule is CCCNC(Cc1ccc(Cl)cc1)c1ccccc1C. The Morgan fingerprint density at radius 3 is 2.40 bits per heavy atom. The topological polar surface area (TPSA) is 12.0 Å². The number of rotatable bonds is 6. The molecule has 0 aromatic heterocycles. The van der Waals surface area contributed by atoms with Gasteiger partial charge >= 0.3 is 0 Å². The summed E-state index contributed by atoms with van der Waals surface area (Å²) in [5.41, 5.74) is 4.04. The van der Waals surface area contributed by atoms with Crippen molar-refractivity contribution in [1.82, 2.24) is 5.32 Å². The summed E-state index contributed by atoms with van der Waals surface area (Å²) >= 11 is 5.96. The minimum Gasteiger partial charge on any atom is -0.310 e. The quantitative estimate of drug-likeness (QED) is 0.794. The minimum atomic E-state index is 0.359. The molecule has 2 aromatic rings. The highest BCUT2D eigenvalue weighted by molar-refractivity contribution is 6.30. The van der Waals surface area contributed by atoms with Gasteiger partial charge in [0.15, 0.2) is 0 Å². The highest BCUT2D eigenvalue weighted by atomic mass is 35.5. The zero-order valence-corrected chi connectivity index (χ0v) is 13.0. The molecule has 0 fully saturated rings. The van der Waals surface area contributed by atoms with E-state index in [-0.39, 0.29) is 0 Å². The van der Waals surface area contributed by atoms with Gasteiger partial charge in [0, 0.05) is 11.1 Å². The maximum atomic E-state index is 5.96. The summed E-state index contributed by atoms with van der Waals surface area (Å²) in [6.45, 7) is 5.41. The standard InChI is InChI=1S/C18H22ClN/c1-3-12-20-18(17-7-5-4-6-14(17)2)13-15-8-10-16(19)11-9-15/h4-11,18,20H,3,12-13H2,1-2H3. The minimum absolute atomic E-state index is 0.359. The lowest BCUT2D eigenvalue weighted by atomic mass is 9.95. The molecule has 0 aliphatic heterocycles. The second-order valence-corrected chi connectivity index (χ2v) is 5.63. The van der Waals surface area contributed by atoms with Crippen molar-refractivity contribution >= 4 is 11.6 Å². The normalized spacial score (nSPS) is 12.3. The van der Waals surface area contributed by atoms with Crippen LogP contribution in [0, 0.1) is 6.92 Å². The Bertz CT molecular complexity index is 533. The van der Waals surface area contributed by atoms with E-state index in [9.17, 15) is 0 Å². The molecular formula is C18H22ClN. The predicted molar refractivity (Wildman–Crippen MR) is 87.4 cm³/mol. The highest BCUT2D eigenvalue weighted by Gasteiger charge is 2.13. The molecule has 0 amide bonds. The van der Waals surface area contributed by atoms with Crippen LogP contribution in [-0.2, 0) is 6.42 Å². The van der Waals surface area contributed by atoms with Crippen molar-refractivity contribution in [2.45, 2.75) is 32.7 Å². The highest BCUT2D eigenvalue weighted by Crippen LogP contribution is 2.22. The molecule has 0 heterocycles. The molecular weight excluding hydrogens is 266 g/mol. The van der Waals surface area contributed by atoms with Crippen molar-refractivity contribution in [3.05, 3.63) is 70.2 Å². The first-order chi connectivity index (χ1) is 9.70. The van der Waals surface area contributed by atoms with Gasteiger partial charge in [0.2, 0.25) is 0 Å². The molecule has 2 heteroatoms. The second-order valence-electron chi connectivity index (χ2n) is 5.19. The Kier molecular flexibility index (Phi) is 5.63. The fraction of sp³-hybridized carbons (Fsp3) is 0.333. The van der Waals surface area contributed by atoms with Crippen LogP contribution in [0.4, 0.5) is 0 Å². The largest absolute Gasteiger partial charge is 0.310 e. The van der Waals surface area contributed by atoms with Crippen molar-refractivity contribution < 1.29 is 0 Å². The van der Waals surface area contributed by atoms with Crippen molar-refractivity contribution in [2.24, 2.45) is 0 Å². The molecule has 1 unspecified atom stereocenters. The van der Waals surface area contributed by atoms with Crippen LogP contribution in [0.25, 0.3) is 0 Å². The Balaban J connectivity index is 2.19. The maximum absolute atomic E-state index is 5.96. The van der Waals surface area contributed by atoms with Crippen molar-refractivity contribution in [1.29, 1.82) is 0 Å². The van der Waals surface area contributed by atoms with E-state index in [2.05, 4.69) is 55.6 Å². The molecule has 106 valence electrons. The zero-order valence-electron chi connectivity index (χ0n) is 12.2. The molecule has 2 rings (SSSR count). The van der Waals surface area contributed by atoms with Crippen LogP contribution in [0.2, 0.25) is 5.02 Å². The van der Waals surface area contributed by atoms with E-state index < -0.39 is 0 Å². The van der Waals surface area contributed by atoms with Gasteiger partial charge in [0.25, 0.3) is 0 Å². The van der Waals surface area contributed by atoms with Gasteiger partial charge in [-0.25, -0.2) is 0 Å². The molecule has 0 bridgehead atoms. The maximum Gasteiger partial charge on any atom is 0.0406 e. The number of benzene rings is 2. The Morgan fingerprint density at radius 1 is 1.05 bits per heavy atom. The lowest BCUT2D eigenvalue weighted by Gasteiger charge is -2.21. The van der Waals surface area contributed by atoms with Gasteiger partial charge in [-0.2, -0.15) is 0 Å². The predicted octanol–water partition coefficient (Wildman–Crippen LogP) is 4.93. The van der Waals surface area contributed by atoms with E-state index >= 15 is 0 Å². The molecule has 0 radical (unpaired) electrons. The number of halogens is 1. The van der Waals surface area contributed by atoms with Crippen LogP contribution in [0.15, 0.2) is 48.5 Å². The van der Waals surface area contributed by atoms with Crippen LogP contribution < -0.4 is 5.32 Å². The first kappa shape index (κ1) is 15.1. The third-order valence-corrected chi connectivity index (χ3v) is 3.81. The molecule has 1 N–H and O–H groups in total. The molecule has 0 aliphatic rings. The number of aryl methyl sites for hydroxylation is 1. The van der Waals surface area contributed by atoms with Gasteiger partial charge in [0.05, 0.1) is 0 Å². The molecule has 1 atom stereocenters. The van der Waals surface area contributed by atoms with Crippen molar-refractivity contribution in [3.63, 3.8) is 0 Å². The second kappa shape index (κ2) is 7.47. The third kappa shape index (κ3) is 4.09. The van der Waals surface area contributed by atoms with Crippen LogP contribution in [0.5, 0.6) is 0 Å². The Hall–Kier alpha value is -1.31. The van der Waals surface area contributed by atoms with Crippen LogP contribution in [0.1, 0.15) is 36.1 Å². The third-order valence-electron chi connectivity index (χ3n) is 3.56. The first-order valence-corrected chi connectivity index (χ1v) is 7.62. The van der Waals surface area contributed by atoms with Gasteiger partial charge in [0.1, 0.15) is 0 Å². The van der Waals surface area contributed by atoms with Gasteiger partial charge in [-0.1, -0.05) is 54.9 Å². The smallest absolute Gasteiger partial charge is 0.0406 e. The molecule has 20 heavy (non-hydrogen) atoms. The average Bonchev–Trinajstić information content (AvgIpc) is 2.46. The monoisotopic (exact) mass is 287 g/mol. The lowest BCUT2D eigenvalue weighted by molar-refractivity contribution is 0.527. The first-order valence-electron chi connectivity index (χ1n) is 7.24. The summed E-state index contributed by atoms with van der Waals surface area (Å²) < 4.78 is 0. The van der Waals surface area contributed by atoms with E-state index in [1.807, 2.05) is 12.1 Å². The fourth-order valence-corrected chi connectivity index (χ4v) is 2.57. The van der Waals surface area contributed by atoms with E-state index in [0.29, 0.717) is 6.04 Å². The molecule has 0 saturated heterocycles. The lowest BCUT2D eigenvalue weighted by Crippen LogP contribution is -2.24. The number of nitrogens with one attached hydrogen (secondary N) is 1. The van der Waals surface area contributed by atoms with Gasteiger partial charge in [-0.3, -0.25) is 0 Å².